The monoisotopic (exact) mass is 348 g/mol. The summed E-state index contributed by atoms with van der Waals surface area (Å²) < 4.78 is 0. The van der Waals surface area contributed by atoms with E-state index in [9.17, 15) is 0 Å². The first kappa shape index (κ1) is 15.4. The Bertz CT molecular complexity index is 1000. The van der Waals surface area contributed by atoms with Crippen molar-refractivity contribution in [2.24, 2.45) is 0 Å². The van der Waals surface area contributed by atoms with Crippen molar-refractivity contribution < 1.29 is 0 Å². The van der Waals surface area contributed by atoms with Crippen LogP contribution in [0.1, 0.15) is 12.0 Å². The predicted molar refractivity (Wildman–Crippen MR) is 114 cm³/mol. The topological polar surface area (TPSA) is 0 Å². The summed E-state index contributed by atoms with van der Waals surface area (Å²) in [5, 5.41) is 5.95. The van der Waals surface area contributed by atoms with Crippen LogP contribution in [0.5, 0.6) is 0 Å². The minimum atomic E-state index is -2.26. The van der Waals surface area contributed by atoms with Gasteiger partial charge in [-0.05, 0) is 38.3 Å². The molecule has 0 saturated heterocycles. The fourth-order valence-electron chi connectivity index (χ4n) is 4.55. The number of rotatable bonds is 2. The largest absolute Gasteiger partial charge is 0.180 e. The van der Waals surface area contributed by atoms with E-state index >= 15 is 0 Å². The van der Waals surface area contributed by atoms with Crippen LogP contribution in [-0.2, 0) is 0 Å². The van der Waals surface area contributed by atoms with E-state index in [0.717, 1.165) is 6.42 Å². The Morgan fingerprint density at radius 1 is 0.577 bits per heavy atom. The molecule has 124 valence electrons. The Balaban J connectivity index is 1.96. The fraction of sp³-hybridized carbons (Fsp3) is 0.0400. The van der Waals surface area contributed by atoms with Crippen molar-refractivity contribution in [3.05, 3.63) is 120 Å². The highest BCUT2D eigenvalue weighted by atomic mass is 28.3. The van der Waals surface area contributed by atoms with Gasteiger partial charge in [0, 0.05) is 0 Å². The second kappa shape index (κ2) is 6.12. The molecule has 0 unspecified atom stereocenters. The molecule has 0 fully saturated rings. The number of allylic oxidation sites excluding steroid dienone is 6. The lowest BCUT2D eigenvalue weighted by atomic mass is 10.1. The maximum Gasteiger partial charge on any atom is 0.180 e. The standard InChI is InChI=1S/C25H20Si/c1-4-12-20(13-5-1)26(21-14-6-2-7-15-21)24-18-9-3-8-16-22(24)23-17-10-11-19-25(23)26/h1-2,4-19H,3H2. The molecule has 0 N–H and O–H groups in total. The molecule has 0 spiro atoms. The lowest BCUT2D eigenvalue weighted by Gasteiger charge is -2.32. The van der Waals surface area contributed by atoms with Crippen LogP contribution in [0.3, 0.4) is 0 Å². The first-order valence-corrected chi connectivity index (χ1v) is 11.2. The van der Waals surface area contributed by atoms with Gasteiger partial charge in [-0.2, -0.15) is 0 Å². The van der Waals surface area contributed by atoms with Gasteiger partial charge in [0.05, 0.1) is 0 Å². The van der Waals surface area contributed by atoms with Gasteiger partial charge in [-0.3, -0.25) is 0 Å². The highest BCUT2D eigenvalue weighted by molar-refractivity contribution is 7.18. The third-order valence-electron chi connectivity index (χ3n) is 5.57. The van der Waals surface area contributed by atoms with Crippen LogP contribution in [0, 0.1) is 0 Å². The maximum absolute atomic E-state index is 2.40. The molecule has 1 aliphatic carbocycles. The van der Waals surface area contributed by atoms with Gasteiger partial charge in [-0.1, -0.05) is 109 Å². The average molecular weight is 349 g/mol. The number of benzene rings is 3. The van der Waals surface area contributed by atoms with Gasteiger partial charge in [0.25, 0.3) is 0 Å². The van der Waals surface area contributed by atoms with Crippen molar-refractivity contribution in [1.82, 2.24) is 0 Å². The van der Waals surface area contributed by atoms with Crippen molar-refractivity contribution in [3.63, 3.8) is 0 Å². The molecule has 0 amide bonds. The molecule has 3 aromatic rings. The molecule has 0 bridgehead atoms. The fourth-order valence-corrected chi connectivity index (χ4v) is 9.76. The van der Waals surface area contributed by atoms with Gasteiger partial charge in [0.15, 0.2) is 8.07 Å². The lowest BCUT2D eigenvalue weighted by Crippen LogP contribution is -2.67. The highest BCUT2D eigenvalue weighted by Gasteiger charge is 2.48. The molecule has 0 saturated carbocycles. The quantitative estimate of drug-likeness (QED) is 0.615. The molecule has 0 aromatic heterocycles. The molecule has 0 atom stereocenters. The third-order valence-corrected chi connectivity index (χ3v) is 10.5. The molecule has 0 nitrogen and oxygen atoms in total. The van der Waals surface area contributed by atoms with E-state index in [4.69, 9.17) is 0 Å². The van der Waals surface area contributed by atoms with Gasteiger partial charge >= 0.3 is 0 Å². The Labute approximate surface area is 155 Å². The predicted octanol–water partition coefficient (Wildman–Crippen LogP) is 3.98. The summed E-state index contributed by atoms with van der Waals surface area (Å²) in [5.41, 5.74) is 2.82. The zero-order valence-corrected chi connectivity index (χ0v) is 15.6. The summed E-state index contributed by atoms with van der Waals surface area (Å²) in [6, 6.07) is 31.3. The molecule has 5 rings (SSSR count). The molecule has 0 radical (unpaired) electrons. The molecular weight excluding hydrogens is 328 g/mol. The molecule has 3 aromatic carbocycles. The van der Waals surface area contributed by atoms with Crippen molar-refractivity contribution in [2.45, 2.75) is 6.42 Å². The second-order valence-corrected chi connectivity index (χ2v) is 10.6. The van der Waals surface area contributed by atoms with Crippen LogP contribution in [0.25, 0.3) is 5.57 Å². The van der Waals surface area contributed by atoms with E-state index < -0.39 is 8.07 Å². The van der Waals surface area contributed by atoms with Crippen molar-refractivity contribution >= 4 is 29.2 Å². The van der Waals surface area contributed by atoms with E-state index in [0.29, 0.717) is 0 Å². The Kier molecular flexibility index (Phi) is 3.61. The summed E-state index contributed by atoms with van der Waals surface area (Å²) in [7, 11) is -2.26. The van der Waals surface area contributed by atoms with E-state index in [1.807, 2.05) is 0 Å². The molecule has 2 aliphatic rings. The molecule has 1 aliphatic heterocycles. The first-order chi connectivity index (χ1) is 12.9. The minimum Gasteiger partial charge on any atom is -0.0808 e. The Hall–Kier alpha value is -2.90. The van der Waals surface area contributed by atoms with E-state index in [2.05, 4.69) is 109 Å². The van der Waals surface area contributed by atoms with Crippen LogP contribution < -0.4 is 15.6 Å². The van der Waals surface area contributed by atoms with Gasteiger partial charge < -0.3 is 0 Å². The Morgan fingerprint density at radius 3 is 1.85 bits per heavy atom. The molecule has 1 heterocycles. The molecule has 26 heavy (non-hydrogen) atoms. The first-order valence-electron chi connectivity index (χ1n) is 9.21. The van der Waals surface area contributed by atoms with Crippen LogP contribution in [0.15, 0.2) is 114 Å². The summed E-state index contributed by atoms with van der Waals surface area (Å²) in [5.74, 6) is 0. The zero-order chi connectivity index (χ0) is 17.4. The SMILES string of the molecule is C1=CC2=C(C=CC1)[Si](c1ccccc1)(c1ccccc1)c1ccccc12. The van der Waals surface area contributed by atoms with E-state index in [1.165, 1.54) is 31.9 Å². The summed E-state index contributed by atoms with van der Waals surface area (Å²) in [6.07, 6.45) is 10.4. The third kappa shape index (κ3) is 2.07. The number of fused-ring (bicyclic) bond motifs is 2. The van der Waals surface area contributed by atoms with Crippen LogP contribution >= 0.6 is 0 Å². The minimum absolute atomic E-state index is 1.00. The van der Waals surface area contributed by atoms with E-state index in [-0.39, 0.29) is 0 Å². The summed E-state index contributed by atoms with van der Waals surface area (Å²) in [6.45, 7) is 0. The highest BCUT2D eigenvalue weighted by Crippen LogP contribution is 2.36. The van der Waals surface area contributed by atoms with Gasteiger partial charge in [0.2, 0.25) is 0 Å². The number of hydrogen-bond acceptors (Lipinski definition) is 0. The Morgan fingerprint density at radius 2 is 1.15 bits per heavy atom. The maximum atomic E-state index is 2.40. The normalized spacial score (nSPS) is 16.9. The van der Waals surface area contributed by atoms with Gasteiger partial charge in [0.1, 0.15) is 0 Å². The summed E-state index contributed by atoms with van der Waals surface area (Å²) >= 11 is 0. The zero-order valence-electron chi connectivity index (χ0n) is 14.6. The summed E-state index contributed by atoms with van der Waals surface area (Å²) in [4.78, 5) is 0. The van der Waals surface area contributed by atoms with Gasteiger partial charge in [-0.15, -0.1) is 0 Å². The van der Waals surface area contributed by atoms with Crippen molar-refractivity contribution in [3.8, 4) is 0 Å². The number of hydrogen-bond donors (Lipinski definition) is 0. The molecular formula is C25H20Si. The second-order valence-electron chi connectivity index (χ2n) is 6.90. The lowest BCUT2D eigenvalue weighted by molar-refractivity contribution is 1.40. The van der Waals surface area contributed by atoms with E-state index in [1.54, 1.807) is 0 Å². The van der Waals surface area contributed by atoms with Crippen LogP contribution in [0.4, 0.5) is 0 Å². The van der Waals surface area contributed by atoms with Crippen molar-refractivity contribution in [2.75, 3.05) is 0 Å². The van der Waals surface area contributed by atoms with Crippen LogP contribution in [0.2, 0.25) is 0 Å². The molecule has 1 heteroatoms. The van der Waals surface area contributed by atoms with Crippen molar-refractivity contribution in [1.29, 1.82) is 0 Å². The van der Waals surface area contributed by atoms with Crippen LogP contribution in [-0.4, -0.2) is 8.07 Å². The smallest absolute Gasteiger partial charge is 0.0808 e. The average Bonchev–Trinajstić information content (AvgIpc) is 2.84. The van der Waals surface area contributed by atoms with Gasteiger partial charge in [-0.25, -0.2) is 0 Å².